The summed E-state index contributed by atoms with van der Waals surface area (Å²) in [7, 11) is 1.60. The molecule has 0 fully saturated rings. The van der Waals surface area contributed by atoms with E-state index in [1.807, 2.05) is 4.57 Å². The summed E-state index contributed by atoms with van der Waals surface area (Å²) in [5.74, 6) is 2.20. The lowest BCUT2D eigenvalue weighted by Gasteiger charge is -2.07. The zero-order chi connectivity index (χ0) is 16.9. The van der Waals surface area contributed by atoms with Crippen LogP contribution in [0.2, 0.25) is 0 Å². The zero-order valence-corrected chi connectivity index (χ0v) is 14.0. The van der Waals surface area contributed by atoms with Crippen LogP contribution in [-0.4, -0.2) is 40.2 Å². The molecule has 0 aliphatic carbocycles. The van der Waals surface area contributed by atoms with Crippen LogP contribution in [0.5, 0.6) is 11.5 Å². The first-order valence-electron chi connectivity index (χ1n) is 7.30. The van der Waals surface area contributed by atoms with Crippen molar-refractivity contribution in [1.29, 1.82) is 0 Å². The van der Waals surface area contributed by atoms with Crippen LogP contribution in [0.4, 0.5) is 0 Å². The Labute approximate surface area is 143 Å². The molecule has 0 N–H and O–H groups in total. The lowest BCUT2D eigenvalue weighted by molar-refractivity contribution is 0.102. The number of Topliss-reactive ketones (excluding diaryl/α,β-unsaturated/α-hetero) is 1. The summed E-state index contributed by atoms with van der Waals surface area (Å²) in [6.07, 6.45) is 1.76. The molecule has 0 unspecified atom stereocenters. The largest absolute Gasteiger partial charge is 0.454 e. The summed E-state index contributed by atoms with van der Waals surface area (Å²) in [6, 6.07) is 5.19. The van der Waals surface area contributed by atoms with Crippen molar-refractivity contribution in [2.24, 2.45) is 0 Å². The molecule has 0 atom stereocenters. The van der Waals surface area contributed by atoms with Crippen LogP contribution in [0.3, 0.4) is 0 Å². The highest BCUT2D eigenvalue weighted by molar-refractivity contribution is 7.99. The smallest absolute Gasteiger partial charge is 0.231 e. The van der Waals surface area contributed by atoms with Gasteiger partial charge in [-0.15, -0.1) is 16.8 Å². The number of ketones is 1. The molecule has 1 aliphatic rings. The van der Waals surface area contributed by atoms with Crippen LogP contribution >= 0.6 is 11.8 Å². The minimum atomic E-state index is -0.0141. The number of rotatable bonds is 8. The van der Waals surface area contributed by atoms with Gasteiger partial charge >= 0.3 is 0 Å². The summed E-state index contributed by atoms with van der Waals surface area (Å²) in [6.45, 7) is 4.84. The van der Waals surface area contributed by atoms with E-state index in [9.17, 15) is 4.79 Å². The summed E-state index contributed by atoms with van der Waals surface area (Å²) in [5.41, 5.74) is 0.582. The Morgan fingerprint density at radius 2 is 2.25 bits per heavy atom. The first kappa shape index (κ1) is 16.5. The van der Waals surface area contributed by atoms with E-state index in [0.29, 0.717) is 41.2 Å². The van der Waals surface area contributed by atoms with Gasteiger partial charge in [0.25, 0.3) is 0 Å². The Hall–Kier alpha value is -2.32. The Bertz CT molecular complexity index is 760. The molecular formula is C16H17N3O4S. The van der Waals surface area contributed by atoms with Gasteiger partial charge in [0.05, 0.1) is 5.75 Å². The van der Waals surface area contributed by atoms with Crippen LogP contribution in [0.1, 0.15) is 16.2 Å². The minimum Gasteiger partial charge on any atom is -0.454 e. The Kier molecular flexibility index (Phi) is 5.17. The molecule has 24 heavy (non-hydrogen) atoms. The molecule has 0 radical (unpaired) electrons. The molecule has 0 saturated heterocycles. The van der Waals surface area contributed by atoms with Crippen molar-refractivity contribution >= 4 is 17.5 Å². The average Bonchev–Trinajstić information content (AvgIpc) is 3.20. The summed E-state index contributed by atoms with van der Waals surface area (Å²) < 4.78 is 17.5. The monoisotopic (exact) mass is 347 g/mol. The molecule has 2 aromatic rings. The van der Waals surface area contributed by atoms with E-state index >= 15 is 0 Å². The molecule has 0 bridgehead atoms. The average molecular weight is 347 g/mol. The van der Waals surface area contributed by atoms with Crippen molar-refractivity contribution in [3.05, 3.63) is 42.2 Å². The molecular weight excluding hydrogens is 330 g/mol. The topological polar surface area (TPSA) is 75.5 Å². The van der Waals surface area contributed by atoms with Gasteiger partial charge in [0.2, 0.25) is 6.79 Å². The first-order valence-corrected chi connectivity index (χ1v) is 8.29. The fourth-order valence-corrected chi connectivity index (χ4v) is 3.12. The maximum atomic E-state index is 12.4. The van der Waals surface area contributed by atoms with Crippen molar-refractivity contribution in [2.45, 2.75) is 18.3 Å². The van der Waals surface area contributed by atoms with Gasteiger partial charge in [-0.25, -0.2) is 0 Å². The highest BCUT2D eigenvalue weighted by atomic mass is 32.2. The van der Waals surface area contributed by atoms with Gasteiger partial charge in [-0.05, 0) is 18.2 Å². The maximum Gasteiger partial charge on any atom is 0.231 e. The predicted octanol–water partition coefficient (Wildman–Crippen LogP) is 2.31. The molecule has 1 aromatic carbocycles. The number of hydrogen-bond donors (Lipinski definition) is 0. The normalized spacial score (nSPS) is 12.4. The number of carbonyl (C=O) groups is 1. The lowest BCUT2D eigenvalue weighted by atomic mass is 10.1. The molecule has 1 aliphatic heterocycles. The summed E-state index contributed by atoms with van der Waals surface area (Å²) >= 11 is 1.33. The van der Waals surface area contributed by atoms with Crippen LogP contribution < -0.4 is 9.47 Å². The molecule has 3 rings (SSSR count). The molecule has 1 aromatic heterocycles. The highest BCUT2D eigenvalue weighted by Gasteiger charge is 2.18. The summed E-state index contributed by atoms with van der Waals surface area (Å²) in [5, 5.41) is 8.89. The predicted molar refractivity (Wildman–Crippen MR) is 88.6 cm³/mol. The van der Waals surface area contributed by atoms with Crippen molar-refractivity contribution in [3.63, 3.8) is 0 Å². The second-order valence-electron chi connectivity index (χ2n) is 5.01. The van der Waals surface area contributed by atoms with E-state index in [-0.39, 0.29) is 18.3 Å². The van der Waals surface area contributed by atoms with Crippen molar-refractivity contribution in [1.82, 2.24) is 14.8 Å². The third-order valence-corrected chi connectivity index (χ3v) is 4.37. The quantitative estimate of drug-likeness (QED) is 0.412. The molecule has 8 heteroatoms. The minimum absolute atomic E-state index is 0.0141. The van der Waals surface area contributed by atoms with Crippen LogP contribution in [0, 0.1) is 0 Å². The number of fused-ring (bicyclic) bond motifs is 1. The Morgan fingerprint density at radius 3 is 3.04 bits per heavy atom. The second kappa shape index (κ2) is 7.50. The summed E-state index contributed by atoms with van der Waals surface area (Å²) in [4.78, 5) is 12.4. The van der Waals surface area contributed by atoms with E-state index in [1.165, 1.54) is 11.8 Å². The number of allylic oxidation sites excluding steroid dienone is 1. The van der Waals surface area contributed by atoms with E-state index < -0.39 is 0 Å². The van der Waals surface area contributed by atoms with Crippen molar-refractivity contribution < 1.29 is 19.0 Å². The van der Waals surface area contributed by atoms with Gasteiger partial charge in [0.1, 0.15) is 6.61 Å². The van der Waals surface area contributed by atoms with Gasteiger partial charge in [-0.1, -0.05) is 17.8 Å². The van der Waals surface area contributed by atoms with E-state index in [1.54, 1.807) is 31.4 Å². The van der Waals surface area contributed by atoms with Crippen LogP contribution in [0.25, 0.3) is 0 Å². The molecule has 7 nitrogen and oxygen atoms in total. The third kappa shape index (κ3) is 3.44. The molecule has 2 heterocycles. The maximum absolute atomic E-state index is 12.4. The zero-order valence-electron chi connectivity index (χ0n) is 13.2. The first-order chi connectivity index (χ1) is 11.7. The number of thioether (sulfide) groups is 1. The van der Waals surface area contributed by atoms with Crippen molar-refractivity contribution in [3.8, 4) is 11.5 Å². The lowest BCUT2D eigenvalue weighted by Crippen LogP contribution is -2.07. The van der Waals surface area contributed by atoms with Crippen LogP contribution in [0.15, 0.2) is 36.0 Å². The fourth-order valence-electron chi connectivity index (χ4n) is 2.26. The molecule has 126 valence electrons. The van der Waals surface area contributed by atoms with Gasteiger partial charge < -0.3 is 18.8 Å². The van der Waals surface area contributed by atoms with Crippen molar-refractivity contribution in [2.75, 3.05) is 19.7 Å². The Balaban J connectivity index is 1.69. The molecule has 0 saturated carbocycles. The van der Waals surface area contributed by atoms with E-state index in [2.05, 4.69) is 16.8 Å². The standard InChI is InChI=1S/C16H17N3O4S/c1-3-6-19-15(8-21-2)17-18-16(19)24-9-12(20)11-4-5-13-14(7-11)23-10-22-13/h3-5,7H,1,6,8-10H2,2H3. The number of benzene rings is 1. The number of methoxy groups -OCH3 is 1. The highest BCUT2D eigenvalue weighted by Crippen LogP contribution is 2.33. The Morgan fingerprint density at radius 1 is 1.42 bits per heavy atom. The van der Waals surface area contributed by atoms with E-state index in [0.717, 1.165) is 0 Å². The number of nitrogens with zero attached hydrogens (tertiary/aromatic N) is 3. The van der Waals surface area contributed by atoms with Gasteiger partial charge in [-0.2, -0.15) is 0 Å². The SMILES string of the molecule is C=CCn1c(COC)nnc1SCC(=O)c1ccc2c(c1)OCO2. The third-order valence-electron chi connectivity index (χ3n) is 3.41. The molecule has 0 spiro atoms. The number of ether oxygens (including phenoxy) is 3. The fraction of sp³-hybridized carbons (Fsp3) is 0.312. The van der Waals surface area contributed by atoms with E-state index in [4.69, 9.17) is 14.2 Å². The van der Waals surface area contributed by atoms with Crippen LogP contribution in [-0.2, 0) is 17.9 Å². The molecule has 0 amide bonds. The van der Waals surface area contributed by atoms with Gasteiger partial charge in [0.15, 0.2) is 28.3 Å². The van der Waals surface area contributed by atoms with Gasteiger partial charge in [0, 0.05) is 19.2 Å². The van der Waals surface area contributed by atoms with Gasteiger partial charge in [-0.3, -0.25) is 4.79 Å². The number of aromatic nitrogens is 3. The number of hydrogen-bond acceptors (Lipinski definition) is 7. The number of carbonyl (C=O) groups excluding carboxylic acids is 1. The second-order valence-corrected chi connectivity index (χ2v) is 5.95.